The van der Waals surface area contributed by atoms with E-state index in [1.807, 2.05) is 11.8 Å². The summed E-state index contributed by atoms with van der Waals surface area (Å²) in [4.78, 5) is 18.8. The molecule has 5 heterocycles. The molecule has 13 heteroatoms. The van der Waals surface area contributed by atoms with Gasteiger partial charge >= 0.3 is 6.01 Å². The van der Waals surface area contributed by atoms with Gasteiger partial charge in [0.15, 0.2) is 5.82 Å². The van der Waals surface area contributed by atoms with E-state index in [9.17, 15) is 10.2 Å². The number of hydrogen-bond acceptors (Lipinski definition) is 11. The van der Waals surface area contributed by atoms with Crippen LogP contribution in [0.25, 0.3) is 32.9 Å². The number of β-amino-alcohol motifs (C(OH)–C–C–N with tert-alkyl or cyclic N) is 1. The summed E-state index contributed by atoms with van der Waals surface area (Å²) in [5.74, 6) is -0.987. The summed E-state index contributed by atoms with van der Waals surface area (Å²) < 4.78 is 56.4. The molecule has 2 N–H and O–H groups in total. The number of ether oxygens (including phenoxy) is 4. The maximum atomic E-state index is 17.3. The van der Waals surface area contributed by atoms with Gasteiger partial charge in [0.2, 0.25) is 5.88 Å². The molecule has 0 unspecified atom stereocenters. The lowest BCUT2D eigenvalue weighted by atomic mass is 9.74. The average molecular weight is 734 g/mol. The number of nitrogens with zero attached hydrogens (tertiary/aromatic N) is 5. The molecule has 284 valence electrons. The fraction of sp³-hybridized carbons (Fsp3) is 0.575. The molecule has 2 aromatic heterocycles. The van der Waals surface area contributed by atoms with Gasteiger partial charge in [-0.1, -0.05) is 19.4 Å². The van der Waals surface area contributed by atoms with Crippen LogP contribution in [-0.4, -0.2) is 108 Å². The van der Waals surface area contributed by atoms with E-state index in [1.165, 1.54) is 25.3 Å². The number of piperidine rings is 1. The molecular formula is C40H49F2N5O6. The number of halogens is 2. The molecule has 2 aromatic carbocycles. The van der Waals surface area contributed by atoms with Crippen LogP contribution in [-0.2, 0) is 15.9 Å². The zero-order valence-electron chi connectivity index (χ0n) is 30.8. The second-order valence-electron chi connectivity index (χ2n) is 15.5. The van der Waals surface area contributed by atoms with Crippen LogP contribution in [0.2, 0.25) is 0 Å². The fourth-order valence-electron chi connectivity index (χ4n) is 9.54. The molecular weight excluding hydrogens is 684 g/mol. The van der Waals surface area contributed by atoms with Crippen LogP contribution in [0.1, 0.15) is 64.4 Å². The lowest BCUT2D eigenvalue weighted by Crippen LogP contribution is -2.56. The van der Waals surface area contributed by atoms with Crippen molar-refractivity contribution in [2.24, 2.45) is 5.41 Å². The van der Waals surface area contributed by atoms with Gasteiger partial charge in [0, 0.05) is 42.8 Å². The summed E-state index contributed by atoms with van der Waals surface area (Å²) >= 11 is 0. The molecule has 4 aliphatic rings. The Morgan fingerprint density at radius 1 is 0.981 bits per heavy atom. The van der Waals surface area contributed by atoms with E-state index in [4.69, 9.17) is 28.9 Å². The maximum Gasteiger partial charge on any atom is 0.319 e. The van der Waals surface area contributed by atoms with Crippen LogP contribution in [0.4, 0.5) is 14.6 Å². The molecule has 1 saturated carbocycles. The molecule has 0 amide bonds. The molecule has 0 bridgehead atoms. The molecule has 8 rings (SSSR count). The van der Waals surface area contributed by atoms with Gasteiger partial charge in [0.05, 0.1) is 33.5 Å². The van der Waals surface area contributed by atoms with Gasteiger partial charge in [0.1, 0.15) is 39.6 Å². The normalized spacial score (nSPS) is 25.8. The first kappa shape index (κ1) is 36.1. The maximum absolute atomic E-state index is 17.3. The number of aryl methyl sites for hydroxylation is 1. The van der Waals surface area contributed by atoms with Gasteiger partial charge in [-0.3, -0.25) is 4.90 Å². The fourth-order valence-corrected chi connectivity index (χ4v) is 9.54. The molecule has 11 nitrogen and oxygen atoms in total. The SMILES string of the molecule is CCc1c(F)ccc2cc(O)cc(-c3nc(OC)c4c(N5CCOC[C@@](C)(O)C5)nc(OC[C@]56CCC[C@H]5N(C5CCOCC5)CCC6)nc4c3F)c12. The number of fused-ring (bicyclic) bond motifs is 3. The first-order chi connectivity index (χ1) is 25.6. The van der Waals surface area contributed by atoms with Crippen LogP contribution >= 0.6 is 0 Å². The number of pyridine rings is 1. The van der Waals surface area contributed by atoms with Gasteiger partial charge in [-0.25, -0.2) is 13.8 Å². The number of methoxy groups -OCH3 is 1. The summed E-state index contributed by atoms with van der Waals surface area (Å²) in [6.45, 7) is 7.48. The van der Waals surface area contributed by atoms with Gasteiger partial charge in [0.25, 0.3) is 0 Å². The van der Waals surface area contributed by atoms with Crippen molar-refractivity contribution in [3.05, 3.63) is 41.5 Å². The van der Waals surface area contributed by atoms with Crippen molar-refractivity contribution in [1.29, 1.82) is 0 Å². The van der Waals surface area contributed by atoms with E-state index in [0.717, 1.165) is 64.7 Å². The Morgan fingerprint density at radius 3 is 2.58 bits per heavy atom. The molecule has 1 aliphatic carbocycles. The van der Waals surface area contributed by atoms with Crippen LogP contribution in [0, 0.1) is 17.0 Å². The Bertz CT molecular complexity index is 2010. The molecule has 3 saturated heterocycles. The smallest absolute Gasteiger partial charge is 0.319 e. The highest BCUT2D eigenvalue weighted by Gasteiger charge is 2.50. The highest BCUT2D eigenvalue weighted by Crippen LogP contribution is 2.50. The van der Waals surface area contributed by atoms with Gasteiger partial charge in [-0.05, 0) is 92.9 Å². The number of aromatic nitrogens is 3. The molecule has 0 spiro atoms. The number of phenols is 1. The summed E-state index contributed by atoms with van der Waals surface area (Å²) in [7, 11) is 1.43. The van der Waals surface area contributed by atoms with E-state index in [0.29, 0.717) is 60.4 Å². The van der Waals surface area contributed by atoms with Gasteiger partial charge < -0.3 is 34.1 Å². The van der Waals surface area contributed by atoms with Gasteiger partial charge in [-0.2, -0.15) is 9.97 Å². The summed E-state index contributed by atoms with van der Waals surface area (Å²) in [5.41, 5.74) is -0.950. The minimum absolute atomic E-state index is 0.0136. The van der Waals surface area contributed by atoms with Crippen LogP contribution in [0.15, 0.2) is 24.3 Å². The summed E-state index contributed by atoms with van der Waals surface area (Å²) in [6.07, 6.45) is 7.75. The zero-order chi connectivity index (χ0) is 36.9. The van der Waals surface area contributed by atoms with Gasteiger partial charge in [-0.15, -0.1) is 0 Å². The minimum atomic E-state index is -1.22. The van der Waals surface area contributed by atoms with Crippen LogP contribution in [0.5, 0.6) is 17.6 Å². The molecule has 3 atom stereocenters. The number of rotatable bonds is 8. The topological polar surface area (TPSA) is 123 Å². The first-order valence-electron chi connectivity index (χ1n) is 19.0. The Hall–Kier alpha value is -3.91. The number of anilines is 1. The quantitative estimate of drug-likeness (QED) is 0.216. The van der Waals surface area contributed by atoms with Crippen molar-refractivity contribution < 1.29 is 37.9 Å². The van der Waals surface area contributed by atoms with Crippen molar-refractivity contribution in [3.63, 3.8) is 0 Å². The largest absolute Gasteiger partial charge is 0.508 e. The van der Waals surface area contributed by atoms with Crippen molar-refractivity contribution in [2.45, 2.75) is 82.9 Å². The molecule has 53 heavy (non-hydrogen) atoms. The lowest BCUT2D eigenvalue weighted by molar-refractivity contribution is -0.0511. The van der Waals surface area contributed by atoms with Crippen molar-refractivity contribution in [2.75, 3.05) is 64.7 Å². The zero-order valence-corrected chi connectivity index (χ0v) is 30.8. The first-order valence-corrected chi connectivity index (χ1v) is 19.0. The Kier molecular flexibility index (Phi) is 9.80. The number of likely N-dealkylation sites (tertiary alicyclic amines) is 1. The van der Waals surface area contributed by atoms with E-state index in [2.05, 4.69) is 9.88 Å². The molecule has 3 aliphatic heterocycles. The number of benzene rings is 2. The van der Waals surface area contributed by atoms with E-state index < -0.39 is 17.2 Å². The van der Waals surface area contributed by atoms with Crippen LogP contribution in [0.3, 0.4) is 0 Å². The van der Waals surface area contributed by atoms with E-state index in [1.54, 1.807) is 13.0 Å². The third-order valence-corrected chi connectivity index (χ3v) is 11.9. The second-order valence-corrected chi connectivity index (χ2v) is 15.5. The standard InChI is InChI=1S/C40H49F2N5O6/c1-4-27-29(41)9-8-24-19-26(48)20-28(31(24)27)34-33(42)35-32(37(43-34)50-3)36(46-15-18-52-22-39(2,49)21-46)45-38(44-35)53-23-40-12-5-7-30(40)47(14-6-13-40)25-10-16-51-17-11-25/h8-9,19-20,25,30,48-49H,4-7,10-18,21-23H2,1-3H3/t30-,39+,40-/m1/s1. The Balaban J connectivity index is 1.27. The Morgan fingerprint density at radius 2 is 1.79 bits per heavy atom. The minimum Gasteiger partial charge on any atom is -0.508 e. The number of aromatic hydroxyl groups is 1. The molecule has 4 aromatic rings. The molecule has 4 fully saturated rings. The number of aliphatic hydroxyl groups is 1. The molecule has 0 radical (unpaired) electrons. The second kappa shape index (κ2) is 14.4. The Labute approximate surface area is 308 Å². The summed E-state index contributed by atoms with van der Waals surface area (Å²) in [5, 5.41) is 23.2. The number of hydrogen-bond donors (Lipinski definition) is 2. The predicted molar refractivity (Wildman–Crippen MR) is 197 cm³/mol. The lowest BCUT2D eigenvalue weighted by Gasteiger charge is -2.50. The van der Waals surface area contributed by atoms with E-state index in [-0.39, 0.29) is 58.4 Å². The highest BCUT2D eigenvalue weighted by molar-refractivity contribution is 6.03. The highest BCUT2D eigenvalue weighted by atomic mass is 19.1. The van der Waals surface area contributed by atoms with Crippen LogP contribution < -0.4 is 14.4 Å². The summed E-state index contributed by atoms with van der Waals surface area (Å²) in [6, 6.07) is 6.71. The monoisotopic (exact) mass is 733 g/mol. The van der Waals surface area contributed by atoms with Crippen molar-refractivity contribution >= 4 is 27.5 Å². The number of phenolic OH excluding ortho intramolecular Hbond substituents is 1. The average Bonchev–Trinajstić information content (AvgIpc) is 3.51. The van der Waals surface area contributed by atoms with Crippen molar-refractivity contribution in [3.8, 4) is 28.9 Å². The van der Waals surface area contributed by atoms with E-state index >= 15 is 8.78 Å². The third kappa shape index (κ3) is 6.63. The third-order valence-electron chi connectivity index (χ3n) is 11.9. The van der Waals surface area contributed by atoms with Crippen molar-refractivity contribution in [1.82, 2.24) is 19.9 Å². The predicted octanol–water partition coefficient (Wildman–Crippen LogP) is 6.18.